The number of nitrogens with two attached hydrogens (primary N) is 2. The number of benzene rings is 2. The molecule has 0 saturated carbocycles. The summed E-state index contributed by atoms with van der Waals surface area (Å²) in [4.78, 5) is 48.4. The van der Waals surface area contributed by atoms with E-state index in [9.17, 15) is 19.5 Å². The lowest BCUT2D eigenvalue weighted by atomic mass is 10.1. The number of halogens is 1. The molecule has 0 aliphatic carbocycles. The number of amides is 2. The monoisotopic (exact) mass is 691 g/mol. The highest BCUT2D eigenvalue weighted by Gasteiger charge is 2.20. The summed E-state index contributed by atoms with van der Waals surface area (Å²) < 4.78 is 7.19. The molecular weight excluding hydrogens is 650 g/mol. The fourth-order valence-corrected chi connectivity index (χ4v) is 4.71. The second-order valence-corrected chi connectivity index (χ2v) is 11.6. The average Bonchev–Trinajstić information content (AvgIpc) is 3.04. The van der Waals surface area contributed by atoms with Crippen molar-refractivity contribution in [2.75, 3.05) is 11.1 Å². The maximum atomic E-state index is 13.7. The summed E-state index contributed by atoms with van der Waals surface area (Å²) in [5.74, 6) is -1.15. The molecule has 49 heavy (non-hydrogen) atoms. The summed E-state index contributed by atoms with van der Waals surface area (Å²) >= 11 is 0. The number of phenols is 1. The van der Waals surface area contributed by atoms with Crippen LogP contribution in [-0.4, -0.2) is 49.4 Å². The average molecular weight is 692 g/mol. The van der Waals surface area contributed by atoms with Crippen molar-refractivity contribution in [2.45, 2.75) is 65.9 Å². The number of aromatic nitrogens is 3. The first kappa shape index (κ1) is 37.8. The molecule has 4 rings (SSSR count). The van der Waals surface area contributed by atoms with Gasteiger partial charge in [0.15, 0.2) is 5.82 Å². The lowest BCUT2D eigenvalue weighted by Gasteiger charge is -2.18. The molecule has 4 aromatic rings. The number of carbonyl (C=O) groups is 2. The van der Waals surface area contributed by atoms with E-state index in [4.69, 9.17) is 21.6 Å². The number of anilines is 2. The van der Waals surface area contributed by atoms with E-state index in [0.717, 1.165) is 12.0 Å². The van der Waals surface area contributed by atoms with E-state index in [1.807, 2.05) is 33.8 Å². The lowest BCUT2D eigenvalue weighted by molar-refractivity contribution is -0.121. The van der Waals surface area contributed by atoms with Gasteiger partial charge in [-0.25, -0.2) is 4.98 Å². The highest BCUT2D eigenvalue weighted by atomic mass is 35.5. The van der Waals surface area contributed by atoms with Crippen molar-refractivity contribution in [3.05, 3.63) is 93.7 Å². The molecule has 260 valence electrons. The Balaban J connectivity index is 0.00000650. The molecule has 1 atom stereocenters. The largest absolute Gasteiger partial charge is 0.507 e. The number of nitrogens with one attached hydrogen (secondary N) is 4. The highest BCUT2D eigenvalue weighted by molar-refractivity contribution is 5.97. The first-order valence-electron chi connectivity index (χ1n) is 15.4. The Hall–Kier alpha value is -5.63. The van der Waals surface area contributed by atoms with Gasteiger partial charge >= 0.3 is 0 Å². The molecule has 9 N–H and O–H groups in total. The maximum absolute atomic E-state index is 13.7. The van der Waals surface area contributed by atoms with Crippen LogP contribution < -0.4 is 37.7 Å². The quantitative estimate of drug-likeness (QED) is 0.0578. The van der Waals surface area contributed by atoms with Crippen molar-refractivity contribution in [1.29, 1.82) is 5.41 Å². The molecule has 2 amide bonds. The summed E-state index contributed by atoms with van der Waals surface area (Å²) in [7, 11) is 0. The van der Waals surface area contributed by atoms with Gasteiger partial charge in [0.1, 0.15) is 30.5 Å². The Kier molecular flexibility index (Phi) is 13.1. The van der Waals surface area contributed by atoms with Crippen molar-refractivity contribution in [3.63, 3.8) is 0 Å². The standard InChI is InChI=1S/C34H41N9O5.ClH/c1-5-20(4)42-33(46)24-9-22(10-25(35)11-24)27-16-40-32(41-19(2)3)34(47)43(27)17-30(45)39-15-26-28(44)12-23(31(36)37)13-29(26)48-18-21-7-6-8-38-14-21;/h6-14,16,19-20,44H,5,15,17-18,35H2,1-4H3,(H3,36,37)(H,39,45)(H,40,41)(H,42,46);1H/t20-;/m1./s1. The molecule has 0 spiro atoms. The van der Waals surface area contributed by atoms with Crippen LogP contribution in [-0.2, 0) is 24.5 Å². The third-order valence-corrected chi connectivity index (χ3v) is 7.36. The summed E-state index contributed by atoms with van der Waals surface area (Å²) in [6.07, 6.45) is 5.44. The molecule has 0 aliphatic rings. The minimum Gasteiger partial charge on any atom is -0.507 e. The fourth-order valence-electron chi connectivity index (χ4n) is 4.71. The second kappa shape index (κ2) is 17.0. The minimum atomic E-state index is -0.563. The summed E-state index contributed by atoms with van der Waals surface area (Å²) in [5, 5.41) is 27.3. The molecule has 2 aromatic heterocycles. The molecule has 0 aliphatic heterocycles. The topological polar surface area (TPSA) is 223 Å². The first-order chi connectivity index (χ1) is 22.9. The van der Waals surface area contributed by atoms with Crippen molar-refractivity contribution < 1.29 is 19.4 Å². The van der Waals surface area contributed by atoms with Crippen LogP contribution in [0.5, 0.6) is 11.5 Å². The van der Waals surface area contributed by atoms with Gasteiger partial charge in [0, 0.05) is 52.4 Å². The van der Waals surface area contributed by atoms with Gasteiger partial charge in [-0.05, 0) is 63.6 Å². The zero-order chi connectivity index (χ0) is 35.0. The number of rotatable bonds is 14. The fraction of sp³-hybridized carbons (Fsp3) is 0.294. The van der Waals surface area contributed by atoms with Crippen LogP contribution in [0.15, 0.2) is 65.8 Å². The lowest BCUT2D eigenvalue weighted by Crippen LogP contribution is -2.35. The highest BCUT2D eigenvalue weighted by Crippen LogP contribution is 2.31. The van der Waals surface area contributed by atoms with Gasteiger partial charge in [-0.1, -0.05) is 13.0 Å². The summed E-state index contributed by atoms with van der Waals surface area (Å²) in [6.45, 7) is 7.05. The molecule has 0 saturated heterocycles. The molecule has 2 heterocycles. The van der Waals surface area contributed by atoms with E-state index in [0.29, 0.717) is 11.1 Å². The number of phenolic OH excluding ortho intramolecular Hbond substituents is 1. The van der Waals surface area contributed by atoms with Crippen LogP contribution in [0.3, 0.4) is 0 Å². The Morgan fingerprint density at radius 3 is 2.51 bits per heavy atom. The van der Waals surface area contributed by atoms with Gasteiger partial charge in [-0.3, -0.25) is 29.3 Å². The van der Waals surface area contributed by atoms with Crippen LogP contribution in [0.1, 0.15) is 61.2 Å². The maximum Gasteiger partial charge on any atom is 0.294 e. The number of hydrogen-bond acceptors (Lipinski definition) is 10. The number of carbonyl (C=O) groups excluding carboxylic acids is 2. The number of hydrogen-bond donors (Lipinski definition) is 7. The van der Waals surface area contributed by atoms with Crippen LogP contribution in [0, 0.1) is 5.41 Å². The van der Waals surface area contributed by atoms with Crippen LogP contribution in [0.2, 0.25) is 0 Å². The number of nitrogen functional groups attached to an aromatic ring is 2. The van der Waals surface area contributed by atoms with Crippen molar-refractivity contribution in [3.8, 4) is 22.8 Å². The van der Waals surface area contributed by atoms with Crippen LogP contribution in [0.4, 0.5) is 11.5 Å². The first-order valence-corrected chi connectivity index (χ1v) is 15.4. The van der Waals surface area contributed by atoms with Gasteiger partial charge in [-0.15, -0.1) is 12.4 Å². The molecule has 0 fully saturated rings. The molecule has 0 radical (unpaired) electrons. The summed E-state index contributed by atoms with van der Waals surface area (Å²) in [6, 6.07) is 10.9. The van der Waals surface area contributed by atoms with Crippen LogP contribution in [0.25, 0.3) is 11.3 Å². The van der Waals surface area contributed by atoms with E-state index in [1.54, 1.807) is 30.6 Å². The predicted octanol–water partition coefficient (Wildman–Crippen LogP) is 3.54. The molecule has 2 aromatic carbocycles. The third-order valence-electron chi connectivity index (χ3n) is 7.36. The summed E-state index contributed by atoms with van der Waals surface area (Å²) in [5.41, 5.74) is 13.8. The number of amidine groups is 1. The zero-order valence-corrected chi connectivity index (χ0v) is 28.6. The van der Waals surface area contributed by atoms with E-state index in [-0.39, 0.29) is 89.2 Å². The third kappa shape index (κ3) is 9.93. The van der Waals surface area contributed by atoms with E-state index < -0.39 is 18.0 Å². The van der Waals surface area contributed by atoms with Crippen LogP contribution >= 0.6 is 12.4 Å². The van der Waals surface area contributed by atoms with E-state index >= 15 is 0 Å². The number of aromatic hydroxyl groups is 1. The Morgan fingerprint density at radius 2 is 1.86 bits per heavy atom. The van der Waals surface area contributed by atoms with Crippen molar-refractivity contribution in [2.24, 2.45) is 5.73 Å². The minimum absolute atomic E-state index is 0. The number of ether oxygens (including phenoxy) is 1. The van der Waals surface area contributed by atoms with E-state index in [1.165, 1.54) is 29.0 Å². The van der Waals surface area contributed by atoms with Gasteiger partial charge in [0.2, 0.25) is 5.91 Å². The van der Waals surface area contributed by atoms with Crippen molar-refractivity contribution in [1.82, 2.24) is 25.2 Å². The smallest absolute Gasteiger partial charge is 0.294 e. The van der Waals surface area contributed by atoms with E-state index in [2.05, 4.69) is 25.9 Å². The molecular formula is C34H42ClN9O5. The second-order valence-electron chi connectivity index (χ2n) is 11.6. The Labute approximate surface area is 290 Å². The normalized spacial score (nSPS) is 11.3. The van der Waals surface area contributed by atoms with Crippen molar-refractivity contribution >= 4 is 41.6 Å². The molecule has 0 unspecified atom stereocenters. The Bertz CT molecular complexity index is 1870. The predicted molar refractivity (Wildman–Crippen MR) is 191 cm³/mol. The van der Waals surface area contributed by atoms with Gasteiger partial charge in [0.05, 0.1) is 24.0 Å². The number of nitrogens with zero attached hydrogens (tertiary/aromatic N) is 3. The SMILES string of the molecule is CC[C@@H](C)NC(=O)c1cc(N)cc(-c2cnc(NC(C)C)c(=O)n2CC(=O)NCc2c(O)cc(C(=N)N)cc2OCc2cccnc2)c1.Cl. The van der Waals surface area contributed by atoms with Gasteiger partial charge < -0.3 is 37.3 Å². The van der Waals surface area contributed by atoms with Gasteiger partial charge in [-0.2, -0.15) is 0 Å². The molecule has 14 nitrogen and oxygen atoms in total. The zero-order valence-electron chi connectivity index (χ0n) is 27.7. The Morgan fingerprint density at radius 1 is 1.10 bits per heavy atom. The molecule has 0 bridgehead atoms. The molecule has 15 heteroatoms. The van der Waals surface area contributed by atoms with Gasteiger partial charge in [0.25, 0.3) is 11.5 Å². The number of pyridine rings is 1.